The molecule has 6 nitrogen and oxygen atoms in total. The van der Waals surface area contributed by atoms with Crippen LogP contribution < -0.4 is 10.9 Å². The molecule has 8 heteroatoms. The van der Waals surface area contributed by atoms with Gasteiger partial charge in [-0.05, 0) is 31.0 Å². The lowest BCUT2D eigenvalue weighted by atomic mass is 10.1. The van der Waals surface area contributed by atoms with Crippen molar-refractivity contribution < 1.29 is 0 Å². The highest BCUT2D eigenvalue weighted by molar-refractivity contribution is 6.35. The summed E-state index contributed by atoms with van der Waals surface area (Å²) < 4.78 is 1.25. The summed E-state index contributed by atoms with van der Waals surface area (Å²) in [6.07, 6.45) is 1.73. The molecule has 24 heavy (non-hydrogen) atoms. The van der Waals surface area contributed by atoms with Crippen LogP contribution >= 0.6 is 23.2 Å². The van der Waals surface area contributed by atoms with Crippen LogP contribution in [0.15, 0.2) is 29.1 Å². The molecule has 3 rings (SSSR count). The Morgan fingerprint density at radius 3 is 2.83 bits per heavy atom. The Balaban J connectivity index is 1.89. The number of aromatic nitrogens is 4. The second-order valence-corrected chi connectivity index (χ2v) is 6.43. The van der Waals surface area contributed by atoms with Crippen LogP contribution in [0.5, 0.6) is 0 Å². The van der Waals surface area contributed by atoms with Crippen LogP contribution in [-0.4, -0.2) is 19.6 Å². The SMILES string of the molecule is CCCc1cc(=O)n2nc(NC(C)c3ccc(Cl)cc3Cl)nc2[nH]1. The van der Waals surface area contributed by atoms with E-state index in [4.69, 9.17) is 23.2 Å². The van der Waals surface area contributed by atoms with Gasteiger partial charge in [0.25, 0.3) is 5.56 Å². The van der Waals surface area contributed by atoms with E-state index in [2.05, 4.69) is 27.3 Å². The van der Waals surface area contributed by atoms with Gasteiger partial charge in [-0.15, -0.1) is 5.10 Å². The summed E-state index contributed by atoms with van der Waals surface area (Å²) in [6.45, 7) is 3.99. The topological polar surface area (TPSA) is 75.1 Å². The number of benzene rings is 1. The van der Waals surface area contributed by atoms with Crippen LogP contribution in [0, 0.1) is 0 Å². The largest absolute Gasteiger partial charge is 0.346 e. The van der Waals surface area contributed by atoms with Crippen molar-refractivity contribution in [1.82, 2.24) is 19.6 Å². The molecule has 0 aliphatic heterocycles. The monoisotopic (exact) mass is 365 g/mol. The number of hydrogen-bond donors (Lipinski definition) is 2. The smallest absolute Gasteiger partial charge is 0.275 e. The molecule has 3 aromatic rings. The highest BCUT2D eigenvalue weighted by Gasteiger charge is 2.14. The molecular formula is C16H17Cl2N5O. The third-order valence-corrected chi connectivity index (χ3v) is 4.24. The number of rotatable bonds is 5. The molecule has 0 amide bonds. The Bertz CT molecular complexity index is 934. The molecule has 0 saturated carbocycles. The minimum atomic E-state index is -0.204. The number of fused-ring (bicyclic) bond motifs is 1. The molecule has 0 radical (unpaired) electrons. The first-order chi connectivity index (χ1) is 11.5. The van der Waals surface area contributed by atoms with Crippen molar-refractivity contribution in [3.05, 3.63) is 55.9 Å². The summed E-state index contributed by atoms with van der Waals surface area (Å²) in [6, 6.07) is 6.72. The zero-order valence-electron chi connectivity index (χ0n) is 13.3. The molecule has 2 heterocycles. The van der Waals surface area contributed by atoms with Crippen LogP contribution in [0.3, 0.4) is 0 Å². The molecule has 1 unspecified atom stereocenters. The fraction of sp³-hybridized carbons (Fsp3) is 0.312. The predicted octanol–water partition coefficient (Wildman–Crippen LogP) is 3.85. The minimum Gasteiger partial charge on any atom is -0.346 e. The van der Waals surface area contributed by atoms with Crippen LogP contribution in [0.4, 0.5) is 5.95 Å². The number of nitrogens with zero attached hydrogens (tertiary/aromatic N) is 3. The van der Waals surface area contributed by atoms with Crippen LogP contribution in [0.25, 0.3) is 5.78 Å². The first-order valence-electron chi connectivity index (χ1n) is 7.68. The van der Waals surface area contributed by atoms with Gasteiger partial charge in [0.2, 0.25) is 11.7 Å². The molecule has 0 aliphatic carbocycles. The van der Waals surface area contributed by atoms with Gasteiger partial charge >= 0.3 is 0 Å². The first-order valence-corrected chi connectivity index (χ1v) is 8.44. The number of halogens is 2. The third-order valence-electron chi connectivity index (χ3n) is 3.68. The van der Waals surface area contributed by atoms with E-state index in [0.29, 0.717) is 21.8 Å². The number of aromatic amines is 1. The zero-order valence-corrected chi connectivity index (χ0v) is 14.8. The molecule has 2 N–H and O–H groups in total. The number of H-pyrrole nitrogens is 1. The standard InChI is InChI=1S/C16H17Cl2N5O/c1-3-4-11-8-14(24)23-16(20-11)21-15(22-23)19-9(2)12-6-5-10(17)7-13(12)18/h5-9H,3-4H2,1-2H3,(H2,19,20,21,22). The Hall–Kier alpha value is -2.05. The maximum absolute atomic E-state index is 12.1. The molecular weight excluding hydrogens is 349 g/mol. The van der Waals surface area contributed by atoms with Gasteiger partial charge in [-0.25, -0.2) is 0 Å². The summed E-state index contributed by atoms with van der Waals surface area (Å²) in [5.74, 6) is 0.776. The molecule has 0 bridgehead atoms. The fourth-order valence-corrected chi connectivity index (χ4v) is 3.10. The summed E-state index contributed by atoms with van der Waals surface area (Å²) in [5, 5.41) is 8.51. The van der Waals surface area contributed by atoms with Crippen molar-refractivity contribution in [3.63, 3.8) is 0 Å². The van der Waals surface area contributed by atoms with Crippen molar-refractivity contribution in [2.75, 3.05) is 5.32 Å². The number of nitrogens with one attached hydrogen (secondary N) is 2. The number of anilines is 1. The molecule has 0 spiro atoms. The highest BCUT2D eigenvalue weighted by atomic mass is 35.5. The maximum Gasteiger partial charge on any atom is 0.275 e. The molecule has 0 fully saturated rings. The maximum atomic E-state index is 12.1. The van der Waals surface area contributed by atoms with Crippen LogP contribution in [-0.2, 0) is 6.42 Å². The predicted molar refractivity (Wildman–Crippen MR) is 96.1 cm³/mol. The quantitative estimate of drug-likeness (QED) is 0.719. The van der Waals surface area contributed by atoms with E-state index in [1.165, 1.54) is 4.52 Å². The van der Waals surface area contributed by atoms with Gasteiger partial charge in [0, 0.05) is 21.8 Å². The van der Waals surface area contributed by atoms with Gasteiger partial charge in [-0.3, -0.25) is 4.79 Å². The van der Waals surface area contributed by atoms with Gasteiger partial charge in [0.15, 0.2) is 0 Å². The fourth-order valence-electron chi connectivity index (χ4n) is 2.53. The van der Waals surface area contributed by atoms with Crippen molar-refractivity contribution in [2.45, 2.75) is 32.7 Å². The van der Waals surface area contributed by atoms with Crippen molar-refractivity contribution in [1.29, 1.82) is 0 Å². The first kappa shape index (κ1) is 16.8. The average molecular weight is 366 g/mol. The van der Waals surface area contributed by atoms with Gasteiger partial charge in [-0.1, -0.05) is 42.6 Å². The molecule has 2 aromatic heterocycles. The Morgan fingerprint density at radius 2 is 2.12 bits per heavy atom. The van der Waals surface area contributed by atoms with E-state index in [1.807, 2.05) is 13.0 Å². The lowest BCUT2D eigenvalue weighted by Gasteiger charge is -2.14. The Morgan fingerprint density at radius 1 is 1.33 bits per heavy atom. The van der Waals surface area contributed by atoms with Gasteiger partial charge in [-0.2, -0.15) is 9.50 Å². The lowest BCUT2D eigenvalue weighted by molar-refractivity contribution is 0.826. The summed E-state index contributed by atoms with van der Waals surface area (Å²) in [5.41, 5.74) is 1.52. The van der Waals surface area contributed by atoms with E-state index in [0.717, 1.165) is 24.1 Å². The molecule has 1 aromatic carbocycles. The van der Waals surface area contributed by atoms with E-state index in [1.54, 1.807) is 18.2 Å². The highest BCUT2D eigenvalue weighted by Crippen LogP contribution is 2.27. The summed E-state index contributed by atoms with van der Waals surface area (Å²) in [4.78, 5) is 19.6. The van der Waals surface area contributed by atoms with Crippen molar-refractivity contribution in [3.8, 4) is 0 Å². The third kappa shape index (κ3) is 3.39. The number of aryl methyl sites for hydroxylation is 1. The van der Waals surface area contributed by atoms with Crippen LogP contribution in [0.2, 0.25) is 10.0 Å². The minimum absolute atomic E-state index is 0.141. The van der Waals surface area contributed by atoms with Crippen molar-refractivity contribution >= 4 is 34.9 Å². The second kappa shape index (κ2) is 6.83. The zero-order chi connectivity index (χ0) is 17.3. The molecule has 0 aliphatic rings. The Labute approximate surface area is 148 Å². The molecule has 126 valence electrons. The number of hydrogen-bond acceptors (Lipinski definition) is 4. The van der Waals surface area contributed by atoms with Gasteiger partial charge in [0.05, 0.1) is 6.04 Å². The summed E-state index contributed by atoms with van der Waals surface area (Å²) in [7, 11) is 0. The average Bonchev–Trinajstić information content (AvgIpc) is 2.90. The van der Waals surface area contributed by atoms with Gasteiger partial charge < -0.3 is 10.3 Å². The summed E-state index contributed by atoms with van der Waals surface area (Å²) >= 11 is 12.1. The molecule has 0 saturated heterocycles. The van der Waals surface area contributed by atoms with E-state index >= 15 is 0 Å². The van der Waals surface area contributed by atoms with E-state index < -0.39 is 0 Å². The lowest BCUT2D eigenvalue weighted by Crippen LogP contribution is -2.16. The van der Waals surface area contributed by atoms with E-state index in [-0.39, 0.29) is 11.6 Å². The Kier molecular flexibility index (Phi) is 4.78. The van der Waals surface area contributed by atoms with E-state index in [9.17, 15) is 4.79 Å². The second-order valence-electron chi connectivity index (χ2n) is 5.59. The van der Waals surface area contributed by atoms with Crippen LogP contribution in [0.1, 0.15) is 37.6 Å². The van der Waals surface area contributed by atoms with Gasteiger partial charge in [0.1, 0.15) is 0 Å². The normalized spacial score (nSPS) is 12.5. The van der Waals surface area contributed by atoms with Crippen molar-refractivity contribution in [2.24, 2.45) is 0 Å². The molecule has 1 atom stereocenters.